The predicted octanol–water partition coefficient (Wildman–Crippen LogP) is 0.996. The van der Waals surface area contributed by atoms with Gasteiger partial charge in [-0.3, -0.25) is 0 Å². The largest absolute Gasteiger partial charge is 0.442 e. The monoisotopic (exact) mass is 463 g/mol. The molecule has 0 radical (unpaired) electrons. The average molecular weight is 463 g/mol. The fourth-order valence-corrected chi connectivity index (χ4v) is 4.19. The summed E-state index contributed by atoms with van der Waals surface area (Å²) in [5.74, 6) is 0. The molecule has 3 rings (SSSR count). The van der Waals surface area contributed by atoms with Gasteiger partial charge >= 0.3 is 6.09 Å². The molecule has 25 heavy (non-hydrogen) atoms. The van der Waals surface area contributed by atoms with Crippen LogP contribution in [0.2, 0.25) is 0 Å². The third-order valence-electron chi connectivity index (χ3n) is 4.47. The van der Waals surface area contributed by atoms with Crippen LogP contribution in [0.5, 0.6) is 0 Å². The summed E-state index contributed by atoms with van der Waals surface area (Å²) in [6, 6.07) is 9.48. The Morgan fingerprint density at radius 2 is 2.12 bits per heavy atom. The number of fused-ring (bicyclic) bond motifs is 1. The van der Waals surface area contributed by atoms with Crippen LogP contribution < -0.4 is 5.32 Å². The number of ether oxygens (including phenoxy) is 3. The Kier molecular flexibility index (Phi) is 6.16. The molecule has 1 aromatic carbocycles. The van der Waals surface area contributed by atoms with E-state index in [-0.39, 0.29) is 41.8 Å². The van der Waals surface area contributed by atoms with Crippen molar-refractivity contribution in [1.82, 2.24) is 5.32 Å². The molecule has 2 fully saturated rings. The first-order valence-corrected chi connectivity index (χ1v) is 9.43. The minimum Gasteiger partial charge on any atom is -0.442 e. The number of rotatable bonds is 7. The second-order valence-electron chi connectivity index (χ2n) is 6.50. The van der Waals surface area contributed by atoms with E-state index >= 15 is 0 Å². The van der Waals surface area contributed by atoms with Gasteiger partial charge in [0.05, 0.1) is 42.5 Å². The Labute approximate surface area is 159 Å². The number of carbonyl (C=O) groups is 1. The number of halogens is 1. The molecule has 0 spiro atoms. The van der Waals surface area contributed by atoms with Gasteiger partial charge in [-0.15, -0.1) is 0 Å². The van der Waals surface area contributed by atoms with E-state index in [1.165, 1.54) is 0 Å². The highest BCUT2D eigenvalue weighted by Gasteiger charge is 2.48. The number of benzene rings is 1. The number of hydrogen-bond donors (Lipinski definition) is 3. The van der Waals surface area contributed by atoms with E-state index in [9.17, 15) is 15.0 Å². The van der Waals surface area contributed by atoms with Gasteiger partial charge < -0.3 is 29.7 Å². The fraction of sp³-hybridized carbons (Fsp3) is 0.588. The van der Waals surface area contributed by atoms with Crippen molar-refractivity contribution in [3.05, 3.63) is 35.9 Å². The van der Waals surface area contributed by atoms with Crippen LogP contribution in [-0.2, 0) is 20.8 Å². The molecule has 0 saturated carbocycles. The maximum Gasteiger partial charge on any atom is 0.407 e. The summed E-state index contributed by atoms with van der Waals surface area (Å²) in [5.41, 5.74) is -0.406. The van der Waals surface area contributed by atoms with Gasteiger partial charge in [0, 0.05) is 6.42 Å². The van der Waals surface area contributed by atoms with E-state index in [0.717, 1.165) is 5.56 Å². The lowest BCUT2D eigenvalue weighted by Gasteiger charge is -2.38. The minimum absolute atomic E-state index is 0.00142. The zero-order chi connectivity index (χ0) is 17.9. The van der Waals surface area contributed by atoms with Crippen LogP contribution in [0.15, 0.2) is 30.3 Å². The number of carbonyl (C=O) groups excluding carboxylic acids is 1. The minimum atomic E-state index is -1.40. The molecular weight excluding hydrogens is 441 g/mol. The number of hydrogen-bond acceptors (Lipinski definition) is 6. The van der Waals surface area contributed by atoms with Crippen LogP contribution in [0, 0.1) is 0 Å². The summed E-state index contributed by atoms with van der Waals surface area (Å²) in [7, 11) is 0. The van der Waals surface area contributed by atoms with Crippen molar-refractivity contribution >= 4 is 28.7 Å². The maximum absolute atomic E-state index is 11.4. The molecule has 0 bridgehead atoms. The maximum atomic E-state index is 11.4. The molecular formula is C17H22INO6. The van der Waals surface area contributed by atoms with E-state index in [0.29, 0.717) is 6.61 Å². The van der Waals surface area contributed by atoms with Gasteiger partial charge in [0.1, 0.15) is 11.7 Å². The number of aliphatic hydroxyl groups excluding tert-OH is 1. The van der Waals surface area contributed by atoms with Gasteiger partial charge in [-0.1, -0.05) is 52.9 Å². The van der Waals surface area contributed by atoms with E-state index in [4.69, 9.17) is 14.2 Å². The molecule has 2 aliphatic rings. The lowest BCUT2D eigenvalue weighted by molar-refractivity contribution is -0.127. The van der Waals surface area contributed by atoms with Gasteiger partial charge in [0.2, 0.25) is 0 Å². The highest BCUT2D eigenvalue weighted by molar-refractivity contribution is 14.1. The summed E-state index contributed by atoms with van der Waals surface area (Å²) in [6.07, 6.45) is -0.849. The van der Waals surface area contributed by atoms with Crippen LogP contribution in [0.3, 0.4) is 0 Å². The predicted molar refractivity (Wildman–Crippen MR) is 97.5 cm³/mol. The van der Waals surface area contributed by atoms with Crippen molar-refractivity contribution in [3.63, 3.8) is 0 Å². The highest BCUT2D eigenvalue weighted by Crippen LogP contribution is 2.32. The summed E-state index contributed by atoms with van der Waals surface area (Å²) in [6.45, 7) is 0.206. The zero-order valence-corrected chi connectivity index (χ0v) is 15.8. The van der Waals surface area contributed by atoms with E-state index in [2.05, 4.69) is 27.9 Å². The summed E-state index contributed by atoms with van der Waals surface area (Å²) >= 11 is 2.20. The molecule has 0 aromatic heterocycles. The number of aliphatic hydroxyl groups is 2. The Morgan fingerprint density at radius 1 is 1.36 bits per heavy atom. The Balaban J connectivity index is 1.54. The molecule has 0 unspecified atom stereocenters. The van der Waals surface area contributed by atoms with Crippen molar-refractivity contribution in [2.75, 3.05) is 19.8 Å². The molecule has 2 aliphatic heterocycles. The van der Waals surface area contributed by atoms with Crippen molar-refractivity contribution < 1.29 is 29.2 Å². The topological polar surface area (TPSA) is 97.3 Å². The molecule has 3 N–H and O–H groups in total. The SMILES string of the molecule is O=C1N[C@H]2[C@H](I)[C@@H](C[C@@](O)(CO)COCc3ccccc3)OC[C@H]2O1. The van der Waals surface area contributed by atoms with Crippen LogP contribution in [0.1, 0.15) is 12.0 Å². The molecule has 2 heterocycles. The Hall–Kier alpha value is -0.940. The van der Waals surface area contributed by atoms with Gasteiger partial charge in [-0.2, -0.15) is 0 Å². The number of amides is 1. The fourth-order valence-electron chi connectivity index (χ4n) is 3.09. The second kappa shape index (κ2) is 8.17. The molecule has 138 valence electrons. The second-order valence-corrected chi connectivity index (χ2v) is 7.93. The van der Waals surface area contributed by atoms with Crippen LogP contribution in [0.25, 0.3) is 0 Å². The van der Waals surface area contributed by atoms with Gasteiger partial charge in [-0.05, 0) is 5.56 Å². The third-order valence-corrected chi connectivity index (χ3v) is 6.05. The van der Waals surface area contributed by atoms with Gasteiger partial charge in [0.25, 0.3) is 0 Å². The first-order valence-electron chi connectivity index (χ1n) is 8.18. The van der Waals surface area contributed by atoms with Crippen molar-refractivity contribution in [3.8, 4) is 0 Å². The number of alkyl carbamates (subject to hydrolysis) is 1. The van der Waals surface area contributed by atoms with Crippen molar-refractivity contribution in [1.29, 1.82) is 0 Å². The molecule has 5 atom stereocenters. The zero-order valence-electron chi connectivity index (χ0n) is 13.6. The third kappa shape index (κ3) is 4.62. The lowest BCUT2D eigenvalue weighted by Crippen LogP contribution is -2.55. The lowest BCUT2D eigenvalue weighted by atomic mass is 9.91. The van der Waals surface area contributed by atoms with E-state index in [1.807, 2.05) is 30.3 Å². The molecule has 7 nitrogen and oxygen atoms in total. The highest BCUT2D eigenvalue weighted by atomic mass is 127. The summed E-state index contributed by atoms with van der Waals surface area (Å²) < 4.78 is 16.4. The van der Waals surface area contributed by atoms with Crippen LogP contribution in [-0.4, -0.2) is 63.9 Å². The molecule has 8 heteroatoms. The van der Waals surface area contributed by atoms with Crippen molar-refractivity contribution in [2.24, 2.45) is 0 Å². The Bertz CT molecular complexity index is 588. The number of nitrogens with one attached hydrogen (secondary N) is 1. The molecule has 2 saturated heterocycles. The first kappa shape index (κ1) is 18.8. The molecule has 1 amide bonds. The Morgan fingerprint density at radius 3 is 2.84 bits per heavy atom. The van der Waals surface area contributed by atoms with Gasteiger partial charge in [-0.25, -0.2) is 4.79 Å². The standard InChI is InChI=1S/C17H22INO6/c18-14-12(24-8-13-15(14)19-16(21)25-13)6-17(22,9-20)10-23-7-11-4-2-1-3-5-11/h1-5,12-15,20,22H,6-10H2,(H,19,21)/t12-,13-,14-,15-,17-/m1/s1. The average Bonchev–Trinajstić information content (AvgIpc) is 3.00. The van der Waals surface area contributed by atoms with E-state index in [1.54, 1.807) is 0 Å². The smallest absolute Gasteiger partial charge is 0.407 e. The number of alkyl halides is 1. The molecule has 0 aliphatic carbocycles. The summed E-state index contributed by atoms with van der Waals surface area (Å²) in [4.78, 5) is 11.4. The van der Waals surface area contributed by atoms with Crippen molar-refractivity contribution in [2.45, 2.75) is 40.8 Å². The molecule has 1 aromatic rings. The summed E-state index contributed by atoms with van der Waals surface area (Å²) in [5, 5.41) is 23.1. The quantitative estimate of drug-likeness (QED) is 0.413. The van der Waals surface area contributed by atoms with E-state index < -0.39 is 18.3 Å². The van der Waals surface area contributed by atoms with Gasteiger partial charge in [0.15, 0.2) is 0 Å². The first-order chi connectivity index (χ1) is 12.0. The van der Waals surface area contributed by atoms with Crippen LogP contribution in [0.4, 0.5) is 4.79 Å². The van der Waals surface area contributed by atoms with Crippen LogP contribution >= 0.6 is 22.6 Å². The normalized spacial score (nSPS) is 30.9.